The summed E-state index contributed by atoms with van der Waals surface area (Å²) in [6, 6.07) is 10.6. The molecule has 2 N–H and O–H groups in total. The first kappa shape index (κ1) is 14.2. The van der Waals surface area contributed by atoms with Crippen LogP contribution < -0.4 is 5.73 Å². The quantitative estimate of drug-likeness (QED) is 0.786. The molecule has 96 valence electrons. The van der Waals surface area contributed by atoms with Crippen molar-refractivity contribution >= 4 is 0 Å². The molecule has 0 bridgehead atoms. The minimum absolute atomic E-state index is 0.248. The van der Waals surface area contributed by atoms with E-state index in [0.717, 1.165) is 19.6 Å². The van der Waals surface area contributed by atoms with Crippen LogP contribution in [0.3, 0.4) is 0 Å². The fraction of sp³-hybridized carbons (Fsp3) is 0.600. The van der Waals surface area contributed by atoms with E-state index in [1.807, 2.05) is 0 Å². The summed E-state index contributed by atoms with van der Waals surface area (Å²) in [5, 5.41) is 0. The summed E-state index contributed by atoms with van der Waals surface area (Å²) < 4.78 is 0. The van der Waals surface area contributed by atoms with Crippen LogP contribution in [0.5, 0.6) is 0 Å². The lowest BCUT2D eigenvalue weighted by atomic mass is 9.85. The minimum atomic E-state index is 0.248. The molecule has 1 aromatic carbocycles. The third-order valence-electron chi connectivity index (χ3n) is 3.29. The van der Waals surface area contributed by atoms with Crippen molar-refractivity contribution in [2.45, 2.75) is 33.2 Å². The molecule has 0 aliphatic heterocycles. The van der Waals surface area contributed by atoms with Crippen LogP contribution in [-0.2, 0) is 6.54 Å². The highest BCUT2D eigenvalue weighted by Gasteiger charge is 2.23. The molecule has 17 heavy (non-hydrogen) atoms. The van der Waals surface area contributed by atoms with Gasteiger partial charge in [0, 0.05) is 13.1 Å². The van der Waals surface area contributed by atoms with Crippen LogP contribution in [0.25, 0.3) is 0 Å². The van der Waals surface area contributed by atoms with Gasteiger partial charge in [0.1, 0.15) is 0 Å². The van der Waals surface area contributed by atoms with Crippen molar-refractivity contribution in [1.82, 2.24) is 4.90 Å². The maximum Gasteiger partial charge on any atom is 0.0230 e. The van der Waals surface area contributed by atoms with E-state index in [1.165, 1.54) is 18.4 Å². The molecule has 0 radical (unpaired) electrons. The highest BCUT2D eigenvalue weighted by atomic mass is 15.1. The maximum absolute atomic E-state index is 5.91. The molecule has 0 aliphatic rings. The number of hydrogen-bond acceptors (Lipinski definition) is 2. The van der Waals surface area contributed by atoms with Crippen molar-refractivity contribution < 1.29 is 0 Å². The fourth-order valence-electron chi connectivity index (χ4n) is 2.45. The van der Waals surface area contributed by atoms with Crippen molar-refractivity contribution in [3.05, 3.63) is 35.9 Å². The molecule has 0 aromatic heterocycles. The van der Waals surface area contributed by atoms with Gasteiger partial charge in [-0.15, -0.1) is 0 Å². The first-order valence-corrected chi connectivity index (χ1v) is 6.52. The molecule has 0 saturated heterocycles. The zero-order chi connectivity index (χ0) is 12.7. The lowest BCUT2D eigenvalue weighted by molar-refractivity contribution is 0.179. The topological polar surface area (TPSA) is 29.3 Å². The molecule has 2 heteroatoms. The van der Waals surface area contributed by atoms with E-state index in [1.54, 1.807) is 0 Å². The van der Waals surface area contributed by atoms with E-state index in [-0.39, 0.29) is 5.41 Å². The van der Waals surface area contributed by atoms with Gasteiger partial charge in [-0.3, -0.25) is 0 Å². The Morgan fingerprint density at radius 2 is 1.88 bits per heavy atom. The van der Waals surface area contributed by atoms with Gasteiger partial charge >= 0.3 is 0 Å². The molecule has 0 fully saturated rings. The van der Waals surface area contributed by atoms with Gasteiger partial charge in [0.15, 0.2) is 0 Å². The van der Waals surface area contributed by atoms with E-state index in [0.29, 0.717) is 0 Å². The Bertz CT molecular complexity index is 310. The minimum Gasteiger partial charge on any atom is -0.330 e. The van der Waals surface area contributed by atoms with Gasteiger partial charge in [-0.1, -0.05) is 50.6 Å². The summed E-state index contributed by atoms with van der Waals surface area (Å²) in [7, 11) is 2.18. The van der Waals surface area contributed by atoms with Gasteiger partial charge in [0.2, 0.25) is 0 Å². The number of nitrogens with two attached hydrogens (primary N) is 1. The monoisotopic (exact) mass is 234 g/mol. The summed E-state index contributed by atoms with van der Waals surface area (Å²) in [4.78, 5) is 2.37. The van der Waals surface area contributed by atoms with Crippen LogP contribution in [-0.4, -0.2) is 25.0 Å². The van der Waals surface area contributed by atoms with Crippen LogP contribution in [0.15, 0.2) is 30.3 Å². The lowest BCUT2D eigenvalue weighted by Gasteiger charge is -2.32. The van der Waals surface area contributed by atoms with Crippen LogP contribution in [0.2, 0.25) is 0 Å². The molecule has 0 spiro atoms. The van der Waals surface area contributed by atoms with Crippen LogP contribution in [0.4, 0.5) is 0 Å². The van der Waals surface area contributed by atoms with E-state index in [9.17, 15) is 0 Å². The third kappa shape index (κ3) is 4.88. The Morgan fingerprint density at radius 1 is 1.24 bits per heavy atom. The van der Waals surface area contributed by atoms with E-state index >= 15 is 0 Å². The molecule has 2 nitrogen and oxygen atoms in total. The summed E-state index contributed by atoms with van der Waals surface area (Å²) in [6.45, 7) is 7.34. The Hall–Kier alpha value is -0.860. The Morgan fingerprint density at radius 3 is 2.41 bits per heavy atom. The van der Waals surface area contributed by atoms with Crippen LogP contribution in [0, 0.1) is 5.41 Å². The first-order chi connectivity index (χ1) is 8.09. The first-order valence-electron chi connectivity index (χ1n) is 6.52. The smallest absolute Gasteiger partial charge is 0.0230 e. The predicted molar refractivity (Wildman–Crippen MR) is 74.8 cm³/mol. The van der Waals surface area contributed by atoms with Gasteiger partial charge in [-0.05, 0) is 31.0 Å². The SMILES string of the molecule is CCCC(C)(CN)CN(C)Cc1ccccc1. The normalized spacial score (nSPS) is 14.9. The molecule has 0 heterocycles. The van der Waals surface area contributed by atoms with E-state index in [2.05, 4.69) is 56.1 Å². The fourth-order valence-corrected chi connectivity index (χ4v) is 2.45. The number of rotatable bonds is 7. The Kier molecular flexibility index (Phi) is 5.66. The summed E-state index contributed by atoms with van der Waals surface area (Å²) in [5.74, 6) is 0. The van der Waals surface area contributed by atoms with Gasteiger partial charge in [-0.2, -0.15) is 0 Å². The molecule has 0 amide bonds. The van der Waals surface area contributed by atoms with Gasteiger partial charge in [0.05, 0.1) is 0 Å². The van der Waals surface area contributed by atoms with Gasteiger partial charge in [-0.25, -0.2) is 0 Å². The van der Waals surface area contributed by atoms with Crippen molar-refractivity contribution in [2.24, 2.45) is 11.1 Å². The molecular weight excluding hydrogens is 208 g/mol. The molecule has 1 unspecified atom stereocenters. The molecule has 1 aromatic rings. The zero-order valence-corrected chi connectivity index (χ0v) is 11.4. The second kappa shape index (κ2) is 6.77. The van der Waals surface area contributed by atoms with Crippen molar-refractivity contribution in [1.29, 1.82) is 0 Å². The van der Waals surface area contributed by atoms with Crippen molar-refractivity contribution in [3.63, 3.8) is 0 Å². The molecule has 0 saturated carbocycles. The van der Waals surface area contributed by atoms with Gasteiger partial charge in [0.25, 0.3) is 0 Å². The summed E-state index contributed by atoms with van der Waals surface area (Å²) >= 11 is 0. The third-order valence-corrected chi connectivity index (χ3v) is 3.29. The van der Waals surface area contributed by atoms with Crippen molar-refractivity contribution in [2.75, 3.05) is 20.1 Å². The van der Waals surface area contributed by atoms with E-state index in [4.69, 9.17) is 5.73 Å². The highest BCUT2D eigenvalue weighted by Crippen LogP contribution is 2.23. The summed E-state index contributed by atoms with van der Waals surface area (Å²) in [5.41, 5.74) is 7.52. The Labute approximate surface area is 106 Å². The van der Waals surface area contributed by atoms with Crippen molar-refractivity contribution in [3.8, 4) is 0 Å². The average Bonchev–Trinajstić information content (AvgIpc) is 2.30. The predicted octanol–water partition coefficient (Wildman–Crippen LogP) is 2.88. The maximum atomic E-state index is 5.91. The largest absolute Gasteiger partial charge is 0.330 e. The number of benzene rings is 1. The lowest BCUT2D eigenvalue weighted by Crippen LogP contribution is -2.38. The molecule has 0 aliphatic carbocycles. The van der Waals surface area contributed by atoms with Crippen LogP contribution in [0.1, 0.15) is 32.3 Å². The highest BCUT2D eigenvalue weighted by molar-refractivity contribution is 5.14. The second-order valence-corrected chi connectivity index (χ2v) is 5.42. The van der Waals surface area contributed by atoms with Crippen LogP contribution >= 0.6 is 0 Å². The zero-order valence-electron chi connectivity index (χ0n) is 11.4. The average molecular weight is 234 g/mol. The standard InChI is InChI=1S/C15H26N2/c1-4-10-15(2,12-16)13-17(3)11-14-8-6-5-7-9-14/h5-9H,4,10-13,16H2,1-3H3. The summed E-state index contributed by atoms with van der Waals surface area (Å²) in [6.07, 6.45) is 2.40. The molecular formula is C15H26N2. The van der Waals surface area contributed by atoms with Gasteiger partial charge < -0.3 is 10.6 Å². The van der Waals surface area contributed by atoms with E-state index < -0.39 is 0 Å². The molecule has 1 rings (SSSR count). The Balaban J connectivity index is 2.51. The number of nitrogens with zero attached hydrogens (tertiary/aromatic N) is 1. The number of hydrogen-bond donors (Lipinski definition) is 1. The second-order valence-electron chi connectivity index (χ2n) is 5.42. The molecule has 1 atom stereocenters.